The fourth-order valence-electron chi connectivity index (χ4n) is 1.30. The summed E-state index contributed by atoms with van der Waals surface area (Å²) in [6, 6.07) is 3.70. The predicted octanol–water partition coefficient (Wildman–Crippen LogP) is 5.40. The number of rotatable bonds is 2. The topological polar surface area (TPSA) is 25.8 Å². The van der Waals surface area contributed by atoms with Crippen LogP contribution in [0.1, 0.15) is 25.5 Å². The van der Waals surface area contributed by atoms with Crippen LogP contribution in [0.4, 0.5) is 0 Å². The number of nitrogens with zero attached hydrogens (tertiary/aromatic N) is 2. The van der Waals surface area contributed by atoms with E-state index in [4.69, 9.17) is 23.2 Å². The molecule has 0 aliphatic rings. The van der Waals surface area contributed by atoms with Crippen LogP contribution in [0.2, 0.25) is 9.49 Å². The largest absolute Gasteiger partial charge is 0.232 e. The van der Waals surface area contributed by atoms with Gasteiger partial charge in [0.05, 0.1) is 4.88 Å². The van der Waals surface area contributed by atoms with E-state index in [9.17, 15) is 0 Å². The van der Waals surface area contributed by atoms with E-state index in [1.807, 2.05) is 6.07 Å². The van der Waals surface area contributed by atoms with Crippen molar-refractivity contribution in [3.05, 3.63) is 31.8 Å². The second-order valence-corrected chi connectivity index (χ2v) is 6.72. The van der Waals surface area contributed by atoms with Gasteiger partial charge in [0.15, 0.2) is 5.82 Å². The Balaban J connectivity index is 2.51. The lowest BCUT2D eigenvalue weighted by atomic mass is 10.1. The third-order valence-electron chi connectivity index (χ3n) is 2.17. The minimum absolute atomic E-state index is 0.313. The summed E-state index contributed by atoms with van der Waals surface area (Å²) in [7, 11) is 0. The van der Waals surface area contributed by atoms with Crippen molar-refractivity contribution in [1.82, 2.24) is 9.97 Å². The monoisotopic (exact) mass is 350 g/mol. The molecule has 0 unspecified atom stereocenters. The number of hydrogen-bond donors (Lipinski definition) is 0. The SMILES string of the molecule is CC(C)c1cc(Cl)nc(-c2cc(Br)c(Cl)s2)n1. The van der Waals surface area contributed by atoms with Crippen molar-refractivity contribution >= 4 is 50.5 Å². The first-order valence-electron chi connectivity index (χ1n) is 4.97. The summed E-state index contributed by atoms with van der Waals surface area (Å²) in [5.41, 5.74) is 0.931. The van der Waals surface area contributed by atoms with E-state index >= 15 is 0 Å². The van der Waals surface area contributed by atoms with E-state index in [0.717, 1.165) is 15.0 Å². The Morgan fingerprint density at radius 3 is 2.47 bits per heavy atom. The van der Waals surface area contributed by atoms with Crippen molar-refractivity contribution in [3.8, 4) is 10.7 Å². The van der Waals surface area contributed by atoms with E-state index in [0.29, 0.717) is 21.2 Å². The lowest BCUT2D eigenvalue weighted by Crippen LogP contribution is -1.97. The molecule has 0 bridgehead atoms. The summed E-state index contributed by atoms with van der Waals surface area (Å²) in [5.74, 6) is 0.937. The zero-order valence-electron chi connectivity index (χ0n) is 9.17. The minimum atomic E-state index is 0.313. The third-order valence-corrected chi connectivity index (χ3v) is 4.84. The van der Waals surface area contributed by atoms with Crippen LogP contribution in [0.5, 0.6) is 0 Å². The maximum absolute atomic E-state index is 6.00. The molecule has 90 valence electrons. The predicted molar refractivity (Wildman–Crippen MR) is 77.2 cm³/mol. The van der Waals surface area contributed by atoms with Gasteiger partial charge in [-0.25, -0.2) is 9.97 Å². The highest BCUT2D eigenvalue weighted by Crippen LogP contribution is 2.37. The van der Waals surface area contributed by atoms with Gasteiger partial charge in [0, 0.05) is 10.2 Å². The van der Waals surface area contributed by atoms with Crippen LogP contribution in [-0.2, 0) is 0 Å². The van der Waals surface area contributed by atoms with Crippen LogP contribution in [0, 0.1) is 0 Å². The van der Waals surface area contributed by atoms with Gasteiger partial charge < -0.3 is 0 Å². The summed E-state index contributed by atoms with van der Waals surface area (Å²) in [6.45, 7) is 4.14. The molecule has 17 heavy (non-hydrogen) atoms. The van der Waals surface area contributed by atoms with Gasteiger partial charge in [-0.05, 0) is 34.0 Å². The molecule has 0 atom stereocenters. The maximum atomic E-state index is 6.00. The van der Waals surface area contributed by atoms with E-state index in [-0.39, 0.29) is 0 Å². The van der Waals surface area contributed by atoms with E-state index < -0.39 is 0 Å². The van der Waals surface area contributed by atoms with Gasteiger partial charge >= 0.3 is 0 Å². The molecule has 2 nitrogen and oxygen atoms in total. The molecule has 0 radical (unpaired) electrons. The van der Waals surface area contributed by atoms with Gasteiger partial charge in [-0.2, -0.15) is 0 Å². The highest BCUT2D eigenvalue weighted by molar-refractivity contribution is 9.10. The molecule has 6 heteroatoms. The zero-order valence-corrected chi connectivity index (χ0v) is 13.1. The highest BCUT2D eigenvalue weighted by atomic mass is 79.9. The van der Waals surface area contributed by atoms with Crippen LogP contribution in [0.15, 0.2) is 16.6 Å². The molecule has 2 rings (SSSR count). The standard InChI is InChI=1S/C11H9BrCl2N2S/c1-5(2)7-4-9(13)16-11(15-7)8-3-6(12)10(14)17-8/h3-5H,1-2H3. The Bertz CT molecular complexity index is 535. The van der Waals surface area contributed by atoms with E-state index in [2.05, 4.69) is 39.7 Å². The summed E-state index contributed by atoms with van der Waals surface area (Å²) in [5, 5.41) is 0.458. The van der Waals surface area contributed by atoms with Crippen molar-refractivity contribution in [2.24, 2.45) is 0 Å². The number of hydrogen-bond acceptors (Lipinski definition) is 3. The van der Waals surface area contributed by atoms with Crippen molar-refractivity contribution in [2.45, 2.75) is 19.8 Å². The van der Waals surface area contributed by atoms with Crippen molar-refractivity contribution < 1.29 is 0 Å². The fraction of sp³-hybridized carbons (Fsp3) is 0.273. The van der Waals surface area contributed by atoms with Crippen molar-refractivity contribution in [1.29, 1.82) is 0 Å². The van der Waals surface area contributed by atoms with Gasteiger partial charge in [-0.15, -0.1) is 11.3 Å². The molecule has 0 spiro atoms. The second-order valence-electron chi connectivity index (χ2n) is 3.83. The third kappa shape index (κ3) is 2.99. The summed E-state index contributed by atoms with van der Waals surface area (Å²) >= 11 is 16.8. The Kier molecular flexibility index (Phi) is 4.08. The van der Waals surface area contributed by atoms with Crippen LogP contribution in [0.3, 0.4) is 0 Å². The quantitative estimate of drug-likeness (QED) is 0.677. The van der Waals surface area contributed by atoms with Crippen LogP contribution >= 0.6 is 50.5 Å². The van der Waals surface area contributed by atoms with Crippen LogP contribution < -0.4 is 0 Å². The Labute approximate surface area is 122 Å². The first kappa shape index (κ1) is 13.3. The molecule has 0 saturated carbocycles. The molecule has 0 aliphatic carbocycles. The average molecular weight is 352 g/mol. The fourth-order valence-corrected chi connectivity index (χ4v) is 3.13. The normalized spacial score (nSPS) is 11.2. The first-order valence-corrected chi connectivity index (χ1v) is 7.33. The Morgan fingerprint density at radius 1 is 1.24 bits per heavy atom. The lowest BCUT2D eigenvalue weighted by molar-refractivity contribution is 0.817. The van der Waals surface area contributed by atoms with E-state index in [1.165, 1.54) is 11.3 Å². The molecular weight excluding hydrogens is 343 g/mol. The van der Waals surface area contributed by atoms with Gasteiger partial charge in [-0.3, -0.25) is 0 Å². The second kappa shape index (κ2) is 5.22. The Hall–Kier alpha value is -0.160. The maximum Gasteiger partial charge on any atom is 0.171 e. The molecular formula is C11H9BrCl2N2S. The minimum Gasteiger partial charge on any atom is -0.232 e. The molecule has 0 amide bonds. The van der Waals surface area contributed by atoms with E-state index in [1.54, 1.807) is 6.07 Å². The summed E-state index contributed by atoms with van der Waals surface area (Å²) < 4.78 is 1.54. The number of aromatic nitrogens is 2. The molecule has 0 N–H and O–H groups in total. The van der Waals surface area contributed by atoms with Crippen molar-refractivity contribution in [2.75, 3.05) is 0 Å². The summed E-state index contributed by atoms with van der Waals surface area (Å²) in [6.07, 6.45) is 0. The molecule has 0 aliphatic heterocycles. The lowest BCUT2D eigenvalue weighted by Gasteiger charge is -2.06. The number of halogens is 3. The number of thiophene rings is 1. The molecule has 0 saturated heterocycles. The van der Waals surface area contributed by atoms with Crippen molar-refractivity contribution in [3.63, 3.8) is 0 Å². The van der Waals surface area contributed by atoms with Gasteiger partial charge in [-0.1, -0.05) is 37.0 Å². The Morgan fingerprint density at radius 2 is 1.94 bits per heavy atom. The highest BCUT2D eigenvalue weighted by Gasteiger charge is 2.12. The van der Waals surface area contributed by atoms with Crippen LogP contribution in [0.25, 0.3) is 10.7 Å². The molecule has 0 aromatic carbocycles. The zero-order chi connectivity index (χ0) is 12.6. The van der Waals surface area contributed by atoms with Crippen LogP contribution in [-0.4, -0.2) is 9.97 Å². The first-order chi connectivity index (χ1) is 7.97. The van der Waals surface area contributed by atoms with Gasteiger partial charge in [0.25, 0.3) is 0 Å². The molecule has 2 aromatic rings. The summed E-state index contributed by atoms with van der Waals surface area (Å²) in [4.78, 5) is 9.63. The molecule has 0 fully saturated rings. The average Bonchev–Trinajstić information content (AvgIpc) is 2.58. The smallest absolute Gasteiger partial charge is 0.171 e. The van der Waals surface area contributed by atoms with Gasteiger partial charge in [0.1, 0.15) is 9.49 Å². The van der Waals surface area contributed by atoms with Gasteiger partial charge in [0.2, 0.25) is 0 Å². The molecule has 2 heterocycles. The molecule has 2 aromatic heterocycles.